The molecule has 3 aromatic rings. The number of nitrogens with one attached hydrogen (secondary N) is 1. The van der Waals surface area contributed by atoms with Gasteiger partial charge in [-0.05, 0) is 24.6 Å². The Hall–Kier alpha value is -2.73. The number of phenols is 1. The maximum atomic E-state index is 9.90. The van der Waals surface area contributed by atoms with E-state index < -0.39 is 0 Å². The second-order valence-electron chi connectivity index (χ2n) is 5.19. The molecule has 0 spiro atoms. The van der Waals surface area contributed by atoms with Gasteiger partial charge in [0.15, 0.2) is 11.5 Å². The molecule has 0 atom stereocenters. The van der Waals surface area contributed by atoms with E-state index in [1.54, 1.807) is 45.4 Å². The Morgan fingerprint density at radius 3 is 2.46 bits per heavy atom. The van der Waals surface area contributed by atoms with E-state index in [0.717, 1.165) is 5.39 Å². The number of rotatable bonds is 4. The predicted octanol–water partition coefficient (Wildman–Crippen LogP) is 4.06. The van der Waals surface area contributed by atoms with Crippen LogP contribution in [-0.4, -0.2) is 29.3 Å². The fourth-order valence-corrected chi connectivity index (χ4v) is 2.63. The van der Waals surface area contributed by atoms with Crippen molar-refractivity contribution in [3.8, 4) is 17.2 Å². The number of phenolic OH excluding ortho intramolecular Hbond substituents is 1. The summed E-state index contributed by atoms with van der Waals surface area (Å²) in [5.41, 5.74) is 1.94. The van der Waals surface area contributed by atoms with Crippen LogP contribution < -0.4 is 14.8 Å². The Morgan fingerprint density at radius 2 is 1.75 bits per heavy atom. The van der Waals surface area contributed by atoms with Crippen molar-refractivity contribution >= 4 is 34.0 Å². The van der Waals surface area contributed by atoms with Crippen molar-refractivity contribution in [2.45, 2.75) is 6.92 Å². The van der Waals surface area contributed by atoms with E-state index in [4.69, 9.17) is 21.1 Å². The summed E-state index contributed by atoms with van der Waals surface area (Å²) < 4.78 is 10.6. The summed E-state index contributed by atoms with van der Waals surface area (Å²) in [7, 11) is 3.13. The van der Waals surface area contributed by atoms with Crippen LogP contribution in [0.3, 0.4) is 0 Å². The monoisotopic (exact) mass is 345 g/mol. The zero-order valence-electron chi connectivity index (χ0n) is 13.4. The number of nitrogens with zero attached hydrogens (tertiary/aromatic N) is 2. The molecule has 24 heavy (non-hydrogen) atoms. The van der Waals surface area contributed by atoms with E-state index in [0.29, 0.717) is 39.1 Å². The number of aryl methyl sites for hydroxylation is 1. The molecule has 1 aromatic heterocycles. The van der Waals surface area contributed by atoms with Gasteiger partial charge in [-0.1, -0.05) is 11.6 Å². The second-order valence-corrected chi connectivity index (χ2v) is 5.60. The molecule has 1 heterocycles. The van der Waals surface area contributed by atoms with Crippen molar-refractivity contribution in [3.63, 3.8) is 0 Å². The molecule has 7 heteroatoms. The number of benzene rings is 2. The van der Waals surface area contributed by atoms with Crippen molar-refractivity contribution in [3.05, 3.63) is 41.2 Å². The van der Waals surface area contributed by atoms with Crippen LogP contribution in [0.4, 0.5) is 11.5 Å². The maximum Gasteiger partial charge on any atom is 0.162 e. The van der Waals surface area contributed by atoms with E-state index in [1.807, 2.05) is 0 Å². The summed E-state index contributed by atoms with van der Waals surface area (Å²) in [6, 6.07) is 6.81. The Morgan fingerprint density at radius 1 is 1.04 bits per heavy atom. The van der Waals surface area contributed by atoms with Crippen molar-refractivity contribution < 1.29 is 14.6 Å². The highest BCUT2D eigenvalue weighted by Crippen LogP contribution is 2.36. The van der Waals surface area contributed by atoms with Crippen LogP contribution in [0, 0.1) is 6.92 Å². The third-order valence-corrected chi connectivity index (χ3v) is 3.99. The van der Waals surface area contributed by atoms with E-state index in [2.05, 4.69) is 15.3 Å². The molecular formula is C17H16ClN3O3. The number of aromatic nitrogens is 2. The van der Waals surface area contributed by atoms with Gasteiger partial charge >= 0.3 is 0 Å². The molecule has 0 unspecified atom stereocenters. The molecule has 0 saturated heterocycles. The summed E-state index contributed by atoms with van der Waals surface area (Å²) in [6.07, 6.45) is 1.44. The molecule has 0 amide bonds. The first-order valence-corrected chi connectivity index (χ1v) is 7.54. The second kappa shape index (κ2) is 6.41. The lowest BCUT2D eigenvalue weighted by molar-refractivity contribution is 0.356. The topological polar surface area (TPSA) is 76.5 Å². The lowest BCUT2D eigenvalue weighted by atomic mass is 10.2. The van der Waals surface area contributed by atoms with Gasteiger partial charge in [-0.15, -0.1) is 0 Å². The summed E-state index contributed by atoms with van der Waals surface area (Å²) in [4.78, 5) is 8.52. The van der Waals surface area contributed by atoms with E-state index in [1.165, 1.54) is 6.33 Å². The van der Waals surface area contributed by atoms with Crippen LogP contribution in [0.5, 0.6) is 17.2 Å². The summed E-state index contributed by atoms with van der Waals surface area (Å²) in [5.74, 6) is 1.85. The quantitative estimate of drug-likeness (QED) is 0.742. The molecule has 3 rings (SSSR count). The van der Waals surface area contributed by atoms with Crippen molar-refractivity contribution in [2.24, 2.45) is 0 Å². The van der Waals surface area contributed by atoms with Crippen LogP contribution in [0.25, 0.3) is 10.9 Å². The number of methoxy groups -OCH3 is 2. The van der Waals surface area contributed by atoms with Crippen molar-refractivity contribution in [1.82, 2.24) is 9.97 Å². The molecule has 0 aliphatic rings. The Bertz CT molecular complexity index is 915. The first-order valence-electron chi connectivity index (χ1n) is 7.16. The van der Waals surface area contributed by atoms with Gasteiger partial charge in [0.2, 0.25) is 0 Å². The number of anilines is 2. The highest BCUT2D eigenvalue weighted by molar-refractivity contribution is 6.33. The standard InChI is InChI=1S/C17H16ClN3O3/c1-9-4-11(18)13(6-14(9)22)21-17-10-5-15(23-2)16(24-3)7-12(10)19-8-20-17/h4-8,22H,1-3H3,(H,19,20,21). The van der Waals surface area contributed by atoms with Gasteiger partial charge < -0.3 is 19.9 Å². The molecule has 0 aliphatic carbocycles. The number of aromatic hydroxyl groups is 1. The largest absolute Gasteiger partial charge is 0.508 e. The minimum Gasteiger partial charge on any atom is -0.508 e. The van der Waals surface area contributed by atoms with Crippen LogP contribution in [0.15, 0.2) is 30.6 Å². The highest BCUT2D eigenvalue weighted by Gasteiger charge is 2.13. The van der Waals surface area contributed by atoms with Crippen LogP contribution in [-0.2, 0) is 0 Å². The van der Waals surface area contributed by atoms with Gasteiger partial charge in [-0.2, -0.15) is 0 Å². The van der Waals surface area contributed by atoms with Gasteiger partial charge in [0.05, 0.1) is 30.4 Å². The van der Waals surface area contributed by atoms with Gasteiger partial charge in [0.1, 0.15) is 17.9 Å². The van der Waals surface area contributed by atoms with Crippen LogP contribution in [0.1, 0.15) is 5.56 Å². The Kier molecular flexibility index (Phi) is 4.31. The molecule has 6 nitrogen and oxygen atoms in total. The molecule has 0 fully saturated rings. The lowest BCUT2D eigenvalue weighted by Crippen LogP contribution is -1.98. The average molecular weight is 346 g/mol. The number of halogens is 1. The summed E-state index contributed by atoms with van der Waals surface area (Å²) in [6.45, 7) is 1.78. The minimum absolute atomic E-state index is 0.152. The molecule has 124 valence electrons. The van der Waals surface area contributed by atoms with Crippen LogP contribution >= 0.6 is 11.6 Å². The third kappa shape index (κ3) is 2.88. The van der Waals surface area contributed by atoms with Crippen molar-refractivity contribution in [2.75, 3.05) is 19.5 Å². The van der Waals surface area contributed by atoms with Gasteiger partial charge in [-0.25, -0.2) is 9.97 Å². The minimum atomic E-state index is 0.152. The van der Waals surface area contributed by atoms with E-state index >= 15 is 0 Å². The molecule has 2 aromatic carbocycles. The molecule has 0 radical (unpaired) electrons. The average Bonchev–Trinajstić information content (AvgIpc) is 2.58. The van der Waals surface area contributed by atoms with Gasteiger partial charge in [0.25, 0.3) is 0 Å². The first-order chi connectivity index (χ1) is 11.5. The van der Waals surface area contributed by atoms with Crippen LogP contribution in [0.2, 0.25) is 5.02 Å². The number of hydrogen-bond acceptors (Lipinski definition) is 6. The number of hydrogen-bond donors (Lipinski definition) is 2. The number of ether oxygens (including phenoxy) is 2. The Balaban J connectivity index is 2.11. The summed E-state index contributed by atoms with van der Waals surface area (Å²) >= 11 is 6.25. The van der Waals surface area contributed by atoms with Gasteiger partial charge in [0, 0.05) is 17.5 Å². The summed E-state index contributed by atoms with van der Waals surface area (Å²) in [5, 5.41) is 14.3. The van der Waals surface area contributed by atoms with E-state index in [-0.39, 0.29) is 5.75 Å². The Labute approximate surface area is 144 Å². The smallest absolute Gasteiger partial charge is 0.162 e. The SMILES string of the molecule is COc1cc2ncnc(Nc3cc(O)c(C)cc3Cl)c2cc1OC. The molecule has 0 saturated carbocycles. The molecule has 0 bridgehead atoms. The molecule has 2 N–H and O–H groups in total. The predicted molar refractivity (Wildman–Crippen MR) is 93.8 cm³/mol. The number of fused-ring (bicyclic) bond motifs is 1. The normalized spacial score (nSPS) is 10.7. The molecular weight excluding hydrogens is 330 g/mol. The molecule has 0 aliphatic heterocycles. The highest BCUT2D eigenvalue weighted by atomic mass is 35.5. The first kappa shape index (κ1) is 16.1. The van der Waals surface area contributed by atoms with E-state index in [9.17, 15) is 5.11 Å². The fourth-order valence-electron chi connectivity index (χ4n) is 2.37. The zero-order chi connectivity index (χ0) is 17.3. The third-order valence-electron chi connectivity index (χ3n) is 3.68. The van der Waals surface area contributed by atoms with Gasteiger partial charge in [-0.3, -0.25) is 0 Å². The lowest BCUT2D eigenvalue weighted by Gasteiger charge is -2.13. The maximum absolute atomic E-state index is 9.90. The zero-order valence-corrected chi connectivity index (χ0v) is 14.2. The fraction of sp³-hybridized carbons (Fsp3) is 0.176. The van der Waals surface area contributed by atoms with Crippen molar-refractivity contribution in [1.29, 1.82) is 0 Å².